The number of rotatable bonds is 3. The summed E-state index contributed by atoms with van der Waals surface area (Å²) in [4.78, 5) is 0. The highest BCUT2D eigenvalue weighted by molar-refractivity contribution is 5.54. The fraction of sp³-hybridized carbons (Fsp3) is 0.455. The lowest BCUT2D eigenvalue weighted by Gasteiger charge is -2.10. The molecule has 0 atom stereocenters. The molecule has 82 valence electrons. The normalized spacial score (nSPS) is 14.5. The van der Waals surface area contributed by atoms with Crippen LogP contribution in [0.5, 0.6) is 11.5 Å². The number of hydrogen-bond acceptors (Lipinski definition) is 4. The second-order valence-corrected chi connectivity index (χ2v) is 3.42. The molecule has 0 fully saturated rings. The summed E-state index contributed by atoms with van der Waals surface area (Å²) >= 11 is 0. The van der Waals surface area contributed by atoms with Crippen LogP contribution >= 0.6 is 0 Å². The van der Waals surface area contributed by atoms with Gasteiger partial charge in [-0.2, -0.15) is 0 Å². The monoisotopic (exact) mass is 208 g/mol. The molecule has 0 aliphatic carbocycles. The fourth-order valence-electron chi connectivity index (χ4n) is 1.46. The molecule has 1 aliphatic heterocycles. The maximum atomic E-state index is 5.58. The van der Waals surface area contributed by atoms with Gasteiger partial charge in [0, 0.05) is 18.2 Å². The molecule has 2 rings (SSSR count). The van der Waals surface area contributed by atoms with E-state index in [1.807, 2.05) is 25.2 Å². The van der Waals surface area contributed by atoms with Crippen molar-refractivity contribution in [3.63, 3.8) is 0 Å². The van der Waals surface area contributed by atoms with Gasteiger partial charge in [0.05, 0.1) is 19.9 Å². The van der Waals surface area contributed by atoms with Crippen molar-refractivity contribution >= 4 is 5.69 Å². The zero-order valence-electron chi connectivity index (χ0n) is 8.88. The van der Waals surface area contributed by atoms with Crippen molar-refractivity contribution in [3.8, 4) is 11.5 Å². The largest absolute Gasteiger partial charge is 0.490 e. The summed E-state index contributed by atoms with van der Waals surface area (Å²) in [5, 5.41) is 6.24. The van der Waals surface area contributed by atoms with Crippen LogP contribution in [0.15, 0.2) is 18.2 Å². The molecule has 0 aromatic heterocycles. The van der Waals surface area contributed by atoms with Crippen molar-refractivity contribution in [1.29, 1.82) is 0 Å². The molecule has 0 bridgehead atoms. The molecule has 0 amide bonds. The summed E-state index contributed by atoms with van der Waals surface area (Å²) in [6.07, 6.45) is 0.938. The van der Waals surface area contributed by atoms with E-state index in [1.54, 1.807) is 0 Å². The molecular formula is C11H16N2O2. The van der Waals surface area contributed by atoms with Crippen molar-refractivity contribution in [2.45, 2.75) is 6.42 Å². The Morgan fingerprint density at radius 3 is 2.80 bits per heavy atom. The van der Waals surface area contributed by atoms with Gasteiger partial charge < -0.3 is 20.1 Å². The first kappa shape index (κ1) is 10.1. The molecule has 15 heavy (non-hydrogen) atoms. The van der Waals surface area contributed by atoms with Crippen molar-refractivity contribution < 1.29 is 9.47 Å². The molecule has 0 spiro atoms. The van der Waals surface area contributed by atoms with Gasteiger partial charge in [0.2, 0.25) is 0 Å². The molecule has 0 saturated heterocycles. The molecule has 1 aromatic carbocycles. The van der Waals surface area contributed by atoms with Gasteiger partial charge in [-0.3, -0.25) is 0 Å². The lowest BCUT2D eigenvalue weighted by Crippen LogP contribution is -2.16. The van der Waals surface area contributed by atoms with Gasteiger partial charge >= 0.3 is 0 Å². The van der Waals surface area contributed by atoms with Crippen LogP contribution in [0.3, 0.4) is 0 Å². The minimum atomic E-state index is 0.725. The Labute approximate surface area is 89.6 Å². The Hall–Kier alpha value is -1.42. The molecule has 2 N–H and O–H groups in total. The van der Waals surface area contributed by atoms with E-state index in [2.05, 4.69) is 10.6 Å². The first-order valence-electron chi connectivity index (χ1n) is 5.18. The third-order valence-electron chi connectivity index (χ3n) is 2.22. The molecule has 0 saturated carbocycles. The molecule has 0 radical (unpaired) electrons. The lowest BCUT2D eigenvalue weighted by atomic mass is 10.3. The molecule has 4 heteroatoms. The number of ether oxygens (including phenoxy) is 2. The third-order valence-corrected chi connectivity index (χ3v) is 2.22. The molecule has 1 aromatic rings. The number of fused-ring (bicyclic) bond motifs is 1. The second kappa shape index (κ2) is 4.89. The Morgan fingerprint density at radius 1 is 1.20 bits per heavy atom. The number of benzene rings is 1. The maximum Gasteiger partial charge on any atom is 0.163 e. The van der Waals surface area contributed by atoms with Crippen LogP contribution in [0.1, 0.15) is 6.42 Å². The summed E-state index contributed by atoms with van der Waals surface area (Å²) in [6, 6.07) is 5.90. The predicted molar refractivity (Wildman–Crippen MR) is 59.6 cm³/mol. The lowest BCUT2D eigenvalue weighted by molar-refractivity contribution is 0.297. The summed E-state index contributed by atoms with van der Waals surface area (Å²) in [5.74, 6) is 1.66. The van der Waals surface area contributed by atoms with Crippen molar-refractivity contribution in [2.75, 3.05) is 32.2 Å². The standard InChI is InChI=1S/C11H16N2O2/c1-12-8-13-9-3-4-10-11(7-9)15-6-2-5-14-10/h3-4,7,12-13H,2,5-6,8H2,1H3. The van der Waals surface area contributed by atoms with E-state index in [-0.39, 0.29) is 0 Å². The Kier molecular flexibility index (Phi) is 3.29. The van der Waals surface area contributed by atoms with E-state index in [1.165, 1.54) is 0 Å². The van der Waals surface area contributed by atoms with Gasteiger partial charge in [-0.1, -0.05) is 0 Å². The van der Waals surface area contributed by atoms with Gasteiger partial charge in [-0.05, 0) is 19.2 Å². The van der Waals surface area contributed by atoms with Crippen LogP contribution in [-0.2, 0) is 0 Å². The average Bonchev–Trinajstić information content (AvgIpc) is 2.50. The second-order valence-electron chi connectivity index (χ2n) is 3.42. The van der Waals surface area contributed by atoms with E-state index >= 15 is 0 Å². The van der Waals surface area contributed by atoms with Crippen LogP contribution in [0.4, 0.5) is 5.69 Å². The summed E-state index contributed by atoms with van der Waals surface area (Å²) < 4.78 is 11.1. The van der Waals surface area contributed by atoms with Gasteiger partial charge in [0.15, 0.2) is 11.5 Å². The number of anilines is 1. The first-order valence-corrected chi connectivity index (χ1v) is 5.18. The van der Waals surface area contributed by atoms with Crippen molar-refractivity contribution in [1.82, 2.24) is 5.32 Å². The Balaban J connectivity index is 2.13. The minimum Gasteiger partial charge on any atom is -0.490 e. The van der Waals surface area contributed by atoms with Gasteiger partial charge in [0.1, 0.15) is 0 Å². The quantitative estimate of drug-likeness (QED) is 0.738. The van der Waals surface area contributed by atoms with Crippen molar-refractivity contribution in [2.24, 2.45) is 0 Å². The maximum absolute atomic E-state index is 5.58. The van der Waals surface area contributed by atoms with Crippen LogP contribution < -0.4 is 20.1 Å². The summed E-state index contributed by atoms with van der Waals surface area (Å²) in [7, 11) is 1.90. The number of hydrogen-bond donors (Lipinski definition) is 2. The minimum absolute atomic E-state index is 0.725. The molecule has 1 aliphatic rings. The molecule has 4 nitrogen and oxygen atoms in total. The fourth-order valence-corrected chi connectivity index (χ4v) is 1.46. The Bertz CT molecular complexity index is 328. The van der Waals surface area contributed by atoms with Crippen LogP contribution in [0.2, 0.25) is 0 Å². The highest BCUT2D eigenvalue weighted by Gasteiger charge is 2.09. The van der Waals surface area contributed by atoms with Gasteiger partial charge in [-0.25, -0.2) is 0 Å². The van der Waals surface area contributed by atoms with Crippen molar-refractivity contribution in [3.05, 3.63) is 18.2 Å². The molecule has 1 heterocycles. The highest BCUT2D eigenvalue weighted by Crippen LogP contribution is 2.31. The van der Waals surface area contributed by atoms with E-state index in [0.29, 0.717) is 0 Å². The average molecular weight is 208 g/mol. The highest BCUT2D eigenvalue weighted by atomic mass is 16.5. The zero-order valence-corrected chi connectivity index (χ0v) is 8.88. The van der Waals surface area contributed by atoms with E-state index < -0.39 is 0 Å². The van der Waals surface area contributed by atoms with Gasteiger partial charge in [0.25, 0.3) is 0 Å². The SMILES string of the molecule is CNCNc1ccc2c(c1)OCCCO2. The molecular weight excluding hydrogens is 192 g/mol. The summed E-state index contributed by atoms with van der Waals surface area (Å²) in [5.41, 5.74) is 1.04. The van der Waals surface area contributed by atoms with Crippen LogP contribution in [0.25, 0.3) is 0 Å². The van der Waals surface area contributed by atoms with Crippen LogP contribution in [-0.4, -0.2) is 26.9 Å². The van der Waals surface area contributed by atoms with Gasteiger partial charge in [-0.15, -0.1) is 0 Å². The smallest absolute Gasteiger partial charge is 0.163 e. The topological polar surface area (TPSA) is 42.5 Å². The van der Waals surface area contributed by atoms with E-state index in [0.717, 1.165) is 43.5 Å². The van der Waals surface area contributed by atoms with E-state index in [9.17, 15) is 0 Å². The Morgan fingerprint density at radius 2 is 2.00 bits per heavy atom. The van der Waals surface area contributed by atoms with E-state index in [4.69, 9.17) is 9.47 Å². The number of nitrogens with one attached hydrogen (secondary N) is 2. The molecule has 0 unspecified atom stereocenters. The van der Waals surface area contributed by atoms with Crippen LogP contribution in [0, 0.1) is 0 Å². The summed E-state index contributed by atoms with van der Waals surface area (Å²) in [6.45, 7) is 2.19. The third kappa shape index (κ3) is 2.53. The zero-order chi connectivity index (χ0) is 10.5. The predicted octanol–water partition coefficient (Wildman–Crippen LogP) is 1.44. The first-order chi connectivity index (χ1) is 7.40.